The van der Waals surface area contributed by atoms with Gasteiger partial charge in [-0.3, -0.25) is 0 Å². The Balaban J connectivity index is 2.21. The minimum absolute atomic E-state index is 0.164. The Kier molecular flexibility index (Phi) is 4.01. The van der Waals surface area contributed by atoms with Crippen molar-refractivity contribution in [2.75, 3.05) is 24.8 Å². The van der Waals surface area contributed by atoms with Gasteiger partial charge in [-0.25, -0.2) is 0 Å². The number of benzene rings is 1. The third-order valence-electron chi connectivity index (χ3n) is 2.78. The highest BCUT2D eigenvalue weighted by molar-refractivity contribution is 5.46. The molecular weight excluding hydrogens is 254 g/mol. The van der Waals surface area contributed by atoms with Crippen LogP contribution in [0.3, 0.4) is 0 Å². The van der Waals surface area contributed by atoms with E-state index in [0.717, 1.165) is 5.56 Å². The van der Waals surface area contributed by atoms with Gasteiger partial charge in [0, 0.05) is 19.7 Å². The summed E-state index contributed by atoms with van der Waals surface area (Å²) in [7, 11) is 3.42. The van der Waals surface area contributed by atoms with Crippen LogP contribution in [0.2, 0.25) is 0 Å². The van der Waals surface area contributed by atoms with E-state index in [1.165, 1.54) is 7.11 Å². The fourth-order valence-electron chi connectivity index (χ4n) is 1.82. The summed E-state index contributed by atoms with van der Waals surface area (Å²) >= 11 is 0. The first kappa shape index (κ1) is 13.6. The number of hydrogen-bond donors (Lipinski definition) is 1. The van der Waals surface area contributed by atoms with Gasteiger partial charge in [0.25, 0.3) is 0 Å². The lowest BCUT2D eigenvalue weighted by atomic mass is 10.1. The van der Waals surface area contributed by atoms with Gasteiger partial charge < -0.3 is 15.4 Å². The van der Waals surface area contributed by atoms with Crippen LogP contribution < -0.4 is 15.4 Å². The Hall–Kier alpha value is -2.81. The Morgan fingerprint density at radius 2 is 2.15 bits per heavy atom. The number of hydrogen-bond acceptors (Lipinski definition) is 6. The molecule has 0 aliphatic rings. The molecule has 1 aromatic heterocycles. The maximum Gasteiger partial charge on any atom is 0.225 e. The molecule has 2 N–H and O–H groups in total. The first-order valence-electron chi connectivity index (χ1n) is 6.01. The molecule has 102 valence electrons. The molecule has 0 saturated carbocycles. The molecule has 0 aliphatic carbocycles. The van der Waals surface area contributed by atoms with Gasteiger partial charge >= 0.3 is 0 Å². The highest BCUT2D eigenvalue weighted by atomic mass is 16.5. The smallest absolute Gasteiger partial charge is 0.225 e. The topological polar surface area (TPSA) is 88.1 Å². The number of nitrogens with zero attached hydrogens (tertiary/aromatic N) is 4. The average Bonchev–Trinajstić information content (AvgIpc) is 2.46. The summed E-state index contributed by atoms with van der Waals surface area (Å²) < 4.78 is 5.07. The molecule has 0 aliphatic heterocycles. The summed E-state index contributed by atoms with van der Waals surface area (Å²) in [5.74, 6) is 1.25. The van der Waals surface area contributed by atoms with Crippen LogP contribution in [0.15, 0.2) is 30.3 Å². The minimum Gasteiger partial charge on any atom is -0.481 e. The molecule has 20 heavy (non-hydrogen) atoms. The van der Waals surface area contributed by atoms with Crippen LogP contribution in [-0.2, 0) is 6.54 Å². The molecule has 0 bridgehead atoms. The molecule has 1 aromatic carbocycles. The second kappa shape index (κ2) is 5.89. The van der Waals surface area contributed by atoms with Crippen LogP contribution in [0.1, 0.15) is 11.1 Å². The van der Waals surface area contributed by atoms with Gasteiger partial charge in [0.15, 0.2) is 0 Å². The number of rotatable bonds is 4. The van der Waals surface area contributed by atoms with Gasteiger partial charge in [-0.2, -0.15) is 15.2 Å². The molecule has 0 spiro atoms. The largest absolute Gasteiger partial charge is 0.481 e. The van der Waals surface area contributed by atoms with E-state index in [-0.39, 0.29) is 5.95 Å². The van der Waals surface area contributed by atoms with Crippen LogP contribution in [0.4, 0.5) is 11.8 Å². The number of nitriles is 1. The molecule has 0 unspecified atom stereocenters. The van der Waals surface area contributed by atoms with Crippen molar-refractivity contribution in [1.29, 1.82) is 5.26 Å². The van der Waals surface area contributed by atoms with Crippen LogP contribution in [0.5, 0.6) is 5.88 Å². The molecular formula is C14H15N5O. The van der Waals surface area contributed by atoms with E-state index < -0.39 is 0 Å². The van der Waals surface area contributed by atoms with Crippen molar-refractivity contribution in [2.24, 2.45) is 0 Å². The number of nitrogens with two attached hydrogens (primary N) is 1. The van der Waals surface area contributed by atoms with Crippen molar-refractivity contribution < 1.29 is 4.74 Å². The molecule has 6 heteroatoms. The summed E-state index contributed by atoms with van der Waals surface area (Å²) in [6.45, 7) is 0.606. The predicted molar refractivity (Wildman–Crippen MR) is 76.3 cm³/mol. The van der Waals surface area contributed by atoms with Gasteiger partial charge in [0.05, 0.1) is 18.7 Å². The Bertz CT molecular complexity index is 650. The summed E-state index contributed by atoms with van der Waals surface area (Å²) in [4.78, 5) is 10.0. The molecule has 0 amide bonds. The summed E-state index contributed by atoms with van der Waals surface area (Å²) in [5.41, 5.74) is 7.29. The molecule has 0 saturated heterocycles. The number of anilines is 2. The van der Waals surface area contributed by atoms with E-state index in [0.29, 0.717) is 23.8 Å². The van der Waals surface area contributed by atoms with Gasteiger partial charge in [-0.1, -0.05) is 12.1 Å². The zero-order valence-corrected chi connectivity index (χ0v) is 11.4. The zero-order valence-electron chi connectivity index (χ0n) is 11.4. The van der Waals surface area contributed by atoms with E-state index in [9.17, 15) is 0 Å². The fourth-order valence-corrected chi connectivity index (χ4v) is 1.82. The number of methoxy groups -OCH3 is 1. The number of ether oxygens (including phenoxy) is 1. The van der Waals surface area contributed by atoms with E-state index in [4.69, 9.17) is 15.7 Å². The van der Waals surface area contributed by atoms with Crippen molar-refractivity contribution in [2.45, 2.75) is 6.54 Å². The Morgan fingerprint density at radius 1 is 1.35 bits per heavy atom. The quantitative estimate of drug-likeness (QED) is 0.906. The van der Waals surface area contributed by atoms with Gasteiger partial charge in [-0.05, 0) is 17.7 Å². The molecule has 2 rings (SSSR count). The van der Waals surface area contributed by atoms with Crippen molar-refractivity contribution in [3.05, 3.63) is 41.5 Å². The van der Waals surface area contributed by atoms with Gasteiger partial charge in [0.2, 0.25) is 11.8 Å². The third kappa shape index (κ3) is 3.14. The summed E-state index contributed by atoms with van der Waals surface area (Å²) in [6, 6.07) is 11.3. The van der Waals surface area contributed by atoms with Gasteiger partial charge in [0.1, 0.15) is 5.82 Å². The first-order chi connectivity index (χ1) is 9.62. The fraction of sp³-hybridized carbons (Fsp3) is 0.214. The van der Waals surface area contributed by atoms with Crippen molar-refractivity contribution in [1.82, 2.24) is 9.97 Å². The zero-order chi connectivity index (χ0) is 14.5. The van der Waals surface area contributed by atoms with Crippen molar-refractivity contribution in [3.63, 3.8) is 0 Å². The second-order valence-electron chi connectivity index (χ2n) is 4.29. The van der Waals surface area contributed by atoms with Crippen LogP contribution >= 0.6 is 0 Å². The standard InChI is InChI=1S/C14H15N5O/c1-19(9-11-5-3-4-10(6-11)8-15)12-7-13(20-2)18-14(16)17-12/h3-7H,9H2,1-2H3,(H2,16,17,18). The van der Waals surface area contributed by atoms with Crippen LogP contribution in [0, 0.1) is 11.3 Å². The van der Waals surface area contributed by atoms with Gasteiger partial charge in [-0.15, -0.1) is 0 Å². The monoisotopic (exact) mass is 269 g/mol. The minimum atomic E-state index is 0.164. The van der Waals surface area contributed by atoms with Crippen LogP contribution in [0.25, 0.3) is 0 Å². The number of aromatic nitrogens is 2. The maximum absolute atomic E-state index is 8.90. The van der Waals surface area contributed by atoms with E-state index in [1.54, 1.807) is 12.1 Å². The summed E-state index contributed by atoms with van der Waals surface area (Å²) in [5, 5.41) is 8.90. The lowest BCUT2D eigenvalue weighted by Gasteiger charge is -2.19. The average molecular weight is 269 g/mol. The highest BCUT2D eigenvalue weighted by Gasteiger charge is 2.08. The first-order valence-corrected chi connectivity index (χ1v) is 6.01. The van der Waals surface area contributed by atoms with Crippen LogP contribution in [-0.4, -0.2) is 24.1 Å². The number of nitrogen functional groups attached to an aromatic ring is 1. The van der Waals surface area contributed by atoms with E-state index in [2.05, 4.69) is 16.0 Å². The lowest BCUT2D eigenvalue weighted by Crippen LogP contribution is -2.18. The molecule has 0 atom stereocenters. The Labute approximate surface area is 117 Å². The SMILES string of the molecule is COc1cc(N(C)Cc2cccc(C#N)c2)nc(N)n1. The molecule has 0 radical (unpaired) electrons. The van der Waals surface area contributed by atoms with Crippen molar-refractivity contribution in [3.8, 4) is 11.9 Å². The molecule has 2 aromatic rings. The Morgan fingerprint density at radius 3 is 2.85 bits per heavy atom. The molecule has 0 fully saturated rings. The lowest BCUT2D eigenvalue weighted by molar-refractivity contribution is 0.397. The summed E-state index contributed by atoms with van der Waals surface area (Å²) in [6.07, 6.45) is 0. The highest BCUT2D eigenvalue weighted by Crippen LogP contribution is 2.19. The molecule has 1 heterocycles. The van der Waals surface area contributed by atoms with E-state index in [1.807, 2.05) is 30.1 Å². The van der Waals surface area contributed by atoms with Crippen molar-refractivity contribution >= 4 is 11.8 Å². The second-order valence-corrected chi connectivity index (χ2v) is 4.29. The van der Waals surface area contributed by atoms with E-state index >= 15 is 0 Å². The maximum atomic E-state index is 8.90. The normalized spacial score (nSPS) is 9.85. The predicted octanol–water partition coefficient (Wildman–Crippen LogP) is 1.58. The molecule has 6 nitrogen and oxygen atoms in total. The third-order valence-corrected chi connectivity index (χ3v) is 2.78.